The van der Waals surface area contributed by atoms with Crippen molar-refractivity contribution in [3.05, 3.63) is 60.2 Å². The minimum Gasteiger partial charge on any atom is -0.456 e. The molecule has 3 rings (SSSR count). The molecule has 0 saturated heterocycles. The number of para-hydroxylation sites is 1. The third-order valence-electron chi connectivity index (χ3n) is 3.90. The Kier molecular flexibility index (Phi) is 5.31. The van der Waals surface area contributed by atoms with Crippen LogP contribution in [-0.2, 0) is 4.79 Å². The average molecular weight is 354 g/mol. The van der Waals surface area contributed by atoms with Gasteiger partial charge in [-0.3, -0.25) is 14.8 Å². The molecule has 1 aromatic heterocycles. The molecule has 0 unspecified atom stereocenters. The molecular weight excluding hydrogens is 336 g/mol. The fraction of sp³-hybridized carbons (Fsp3) is 0.158. The number of aliphatic hydroxyl groups is 1. The second-order valence-corrected chi connectivity index (χ2v) is 5.83. The number of rotatable bonds is 6. The fourth-order valence-electron chi connectivity index (χ4n) is 2.55. The molecule has 26 heavy (non-hydrogen) atoms. The molecule has 134 valence electrons. The summed E-state index contributed by atoms with van der Waals surface area (Å²) in [6, 6.07) is 16.5. The number of aliphatic hydroxyl groups excluding tert-OH is 1. The van der Waals surface area contributed by atoms with Gasteiger partial charge in [0.25, 0.3) is 5.91 Å². The van der Waals surface area contributed by atoms with Crippen molar-refractivity contribution < 1.29 is 24.3 Å². The van der Waals surface area contributed by atoms with E-state index in [0.717, 1.165) is 16.5 Å². The predicted molar refractivity (Wildman–Crippen MR) is 94.5 cm³/mol. The number of nitrogens with one attached hydrogen (secondary N) is 2. The first kappa shape index (κ1) is 17.7. The van der Waals surface area contributed by atoms with Crippen LogP contribution in [0.5, 0.6) is 0 Å². The standard InChI is InChI=1S/C19H18N2O5/c22-15(10-18(23)21-25)11-20-19(24)13-7-5-12(6-8-13)17-9-14-3-1-2-4-16(14)26-17/h1-9,15,22,25H,10-11H2,(H,20,24)(H,21,23)/t15-/m0/s1. The highest BCUT2D eigenvalue weighted by Crippen LogP contribution is 2.27. The number of carbonyl (C=O) groups is 2. The minimum atomic E-state index is -1.08. The molecule has 0 aliphatic carbocycles. The summed E-state index contributed by atoms with van der Waals surface area (Å²) in [6.07, 6.45) is -1.39. The third kappa shape index (κ3) is 4.08. The van der Waals surface area contributed by atoms with Crippen LogP contribution in [0.25, 0.3) is 22.3 Å². The largest absolute Gasteiger partial charge is 0.456 e. The van der Waals surface area contributed by atoms with E-state index in [2.05, 4.69) is 5.32 Å². The molecule has 7 nitrogen and oxygen atoms in total. The number of fused-ring (bicyclic) bond motifs is 1. The minimum absolute atomic E-state index is 0.0996. The smallest absolute Gasteiger partial charge is 0.251 e. The Morgan fingerprint density at radius 2 is 1.81 bits per heavy atom. The maximum atomic E-state index is 12.1. The molecule has 0 saturated carbocycles. The zero-order valence-corrected chi connectivity index (χ0v) is 13.8. The lowest BCUT2D eigenvalue weighted by Gasteiger charge is -2.11. The molecular formula is C19H18N2O5. The van der Waals surface area contributed by atoms with E-state index in [1.54, 1.807) is 24.3 Å². The summed E-state index contributed by atoms with van der Waals surface area (Å²) >= 11 is 0. The summed E-state index contributed by atoms with van der Waals surface area (Å²) in [5.41, 5.74) is 3.49. The molecule has 2 aromatic carbocycles. The van der Waals surface area contributed by atoms with Gasteiger partial charge in [-0.1, -0.05) is 30.3 Å². The molecule has 1 heterocycles. The first-order chi connectivity index (χ1) is 12.6. The number of hydrogen-bond acceptors (Lipinski definition) is 5. The van der Waals surface area contributed by atoms with Crippen molar-refractivity contribution in [3.8, 4) is 11.3 Å². The molecule has 7 heteroatoms. The zero-order valence-electron chi connectivity index (χ0n) is 13.8. The lowest BCUT2D eigenvalue weighted by molar-refractivity contribution is -0.131. The van der Waals surface area contributed by atoms with Crippen molar-refractivity contribution in [2.45, 2.75) is 12.5 Å². The van der Waals surface area contributed by atoms with Crippen molar-refractivity contribution in [2.75, 3.05) is 6.54 Å². The topological polar surface area (TPSA) is 112 Å². The summed E-state index contributed by atoms with van der Waals surface area (Å²) in [5, 5.41) is 21.5. The van der Waals surface area contributed by atoms with Crippen LogP contribution in [-0.4, -0.2) is 34.8 Å². The van der Waals surface area contributed by atoms with Gasteiger partial charge in [-0.2, -0.15) is 0 Å². The van der Waals surface area contributed by atoms with E-state index < -0.39 is 12.0 Å². The second-order valence-electron chi connectivity index (χ2n) is 5.83. The molecule has 0 spiro atoms. The van der Waals surface area contributed by atoms with Gasteiger partial charge in [0.1, 0.15) is 11.3 Å². The maximum absolute atomic E-state index is 12.1. The van der Waals surface area contributed by atoms with Crippen LogP contribution in [0.4, 0.5) is 0 Å². The quantitative estimate of drug-likeness (QED) is 0.400. The van der Waals surface area contributed by atoms with Crippen molar-refractivity contribution in [1.29, 1.82) is 0 Å². The van der Waals surface area contributed by atoms with Crippen LogP contribution < -0.4 is 10.8 Å². The maximum Gasteiger partial charge on any atom is 0.251 e. The molecule has 0 radical (unpaired) electrons. The molecule has 2 amide bonds. The van der Waals surface area contributed by atoms with E-state index >= 15 is 0 Å². The Labute approximate surface area is 149 Å². The first-order valence-corrected chi connectivity index (χ1v) is 8.05. The number of hydroxylamine groups is 1. The van der Waals surface area contributed by atoms with Gasteiger partial charge in [-0.25, -0.2) is 5.48 Å². The van der Waals surface area contributed by atoms with Crippen LogP contribution in [0.2, 0.25) is 0 Å². The number of furan rings is 1. The molecule has 1 atom stereocenters. The summed E-state index contributed by atoms with van der Waals surface area (Å²) < 4.78 is 5.79. The van der Waals surface area contributed by atoms with E-state index in [9.17, 15) is 14.7 Å². The van der Waals surface area contributed by atoms with Crippen molar-refractivity contribution in [1.82, 2.24) is 10.8 Å². The highest BCUT2D eigenvalue weighted by molar-refractivity contribution is 5.94. The summed E-state index contributed by atoms with van der Waals surface area (Å²) in [5.74, 6) is -0.379. The van der Waals surface area contributed by atoms with E-state index in [4.69, 9.17) is 9.62 Å². The number of carbonyl (C=O) groups excluding carboxylic acids is 2. The summed E-state index contributed by atoms with van der Waals surface area (Å²) in [4.78, 5) is 23.0. The summed E-state index contributed by atoms with van der Waals surface area (Å²) in [6.45, 7) is -0.0996. The van der Waals surface area contributed by atoms with Gasteiger partial charge in [-0.15, -0.1) is 0 Å². The lowest BCUT2D eigenvalue weighted by atomic mass is 10.1. The molecule has 3 aromatic rings. The van der Waals surface area contributed by atoms with E-state index in [-0.39, 0.29) is 18.9 Å². The average Bonchev–Trinajstić information content (AvgIpc) is 3.10. The fourth-order valence-corrected chi connectivity index (χ4v) is 2.55. The lowest BCUT2D eigenvalue weighted by Crippen LogP contribution is -2.35. The van der Waals surface area contributed by atoms with Crippen LogP contribution in [0.3, 0.4) is 0 Å². The predicted octanol–water partition coefficient (Wildman–Crippen LogP) is 2.09. The Hall–Kier alpha value is -3.16. The van der Waals surface area contributed by atoms with Crippen LogP contribution >= 0.6 is 0 Å². The first-order valence-electron chi connectivity index (χ1n) is 8.05. The highest BCUT2D eigenvalue weighted by Gasteiger charge is 2.13. The molecule has 0 aliphatic heterocycles. The molecule has 0 aliphatic rings. The van der Waals surface area contributed by atoms with E-state index in [0.29, 0.717) is 11.3 Å². The van der Waals surface area contributed by atoms with Crippen molar-refractivity contribution in [2.24, 2.45) is 0 Å². The van der Waals surface area contributed by atoms with Gasteiger partial charge >= 0.3 is 0 Å². The van der Waals surface area contributed by atoms with Gasteiger partial charge in [0, 0.05) is 23.1 Å². The number of hydrogen-bond donors (Lipinski definition) is 4. The Morgan fingerprint density at radius 3 is 2.50 bits per heavy atom. The van der Waals surface area contributed by atoms with Crippen molar-refractivity contribution >= 4 is 22.8 Å². The van der Waals surface area contributed by atoms with E-state index in [1.165, 1.54) is 5.48 Å². The Balaban J connectivity index is 1.63. The third-order valence-corrected chi connectivity index (χ3v) is 3.90. The number of benzene rings is 2. The van der Waals surface area contributed by atoms with E-state index in [1.807, 2.05) is 30.3 Å². The Morgan fingerprint density at radius 1 is 1.08 bits per heavy atom. The van der Waals surface area contributed by atoms with Gasteiger partial charge in [-0.05, 0) is 24.3 Å². The summed E-state index contributed by atoms with van der Waals surface area (Å²) in [7, 11) is 0. The van der Waals surface area contributed by atoms with Gasteiger partial charge < -0.3 is 14.8 Å². The number of amides is 2. The molecule has 0 bridgehead atoms. The van der Waals surface area contributed by atoms with Gasteiger partial charge in [0.05, 0.1) is 12.5 Å². The monoisotopic (exact) mass is 354 g/mol. The van der Waals surface area contributed by atoms with Crippen LogP contribution in [0.1, 0.15) is 16.8 Å². The second kappa shape index (κ2) is 7.81. The van der Waals surface area contributed by atoms with Crippen molar-refractivity contribution in [3.63, 3.8) is 0 Å². The highest BCUT2D eigenvalue weighted by atomic mass is 16.5. The van der Waals surface area contributed by atoms with Crippen LogP contribution in [0.15, 0.2) is 59.0 Å². The van der Waals surface area contributed by atoms with Gasteiger partial charge in [0.15, 0.2) is 0 Å². The Bertz CT molecular complexity index is 884. The normalized spacial score (nSPS) is 11.9. The van der Waals surface area contributed by atoms with Gasteiger partial charge in [0.2, 0.25) is 5.91 Å². The zero-order chi connectivity index (χ0) is 18.5. The molecule has 4 N–H and O–H groups in total. The SMILES string of the molecule is O=C(C[C@H](O)CNC(=O)c1ccc(-c2cc3ccccc3o2)cc1)NO. The van der Waals surface area contributed by atoms with Crippen LogP contribution in [0, 0.1) is 0 Å². The molecule has 0 fully saturated rings.